The number of alkyl halides is 3. The number of aromatic nitrogens is 3. The SMILES string of the molecule is CCC(=O)Nc1nc(-c2ccc(C(C)NNC(=S)Nc3ccccc3C(C)C)cc2)nn1-c1ccc(OC(F)(F)F)cc1. The van der Waals surface area contributed by atoms with E-state index in [2.05, 4.69) is 56.2 Å². The third-order valence-corrected chi connectivity index (χ3v) is 6.60. The first-order valence-corrected chi connectivity index (χ1v) is 14.0. The summed E-state index contributed by atoms with van der Waals surface area (Å²) in [5.41, 5.74) is 10.4. The Labute approximate surface area is 252 Å². The quantitative estimate of drug-likeness (QED) is 0.114. The van der Waals surface area contributed by atoms with Crippen LogP contribution in [0.5, 0.6) is 5.75 Å². The molecule has 1 heterocycles. The number of amides is 1. The standard InChI is InChI=1S/C30H32F3N7O2S/c1-5-26(41)35-28-36-27(39-40(28)22-14-16-23(17-15-22)42-30(31,32)33)21-12-10-20(11-13-21)19(4)37-38-29(43)34-25-9-7-6-8-24(25)18(2)3/h6-19,37H,5H2,1-4H3,(H2,34,38,43)(H,35,36,39,41). The third kappa shape index (κ3) is 8.52. The minimum Gasteiger partial charge on any atom is -0.406 e. The van der Waals surface area contributed by atoms with Gasteiger partial charge in [-0.2, -0.15) is 9.67 Å². The molecule has 1 amide bonds. The van der Waals surface area contributed by atoms with Crippen molar-refractivity contribution in [1.82, 2.24) is 25.6 Å². The van der Waals surface area contributed by atoms with Crippen molar-refractivity contribution in [3.63, 3.8) is 0 Å². The maximum atomic E-state index is 12.6. The van der Waals surface area contributed by atoms with Crippen molar-refractivity contribution in [2.75, 3.05) is 10.6 Å². The van der Waals surface area contributed by atoms with Gasteiger partial charge in [-0.05, 0) is 66.5 Å². The summed E-state index contributed by atoms with van der Waals surface area (Å²) in [6.07, 6.45) is -4.60. The molecule has 0 bridgehead atoms. The number of hydrazine groups is 1. The zero-order valence-electron chi connectivity index (χ0n) is 24.0. The summed E-state index contributed by atoms with van der Waals surface area (Å²) in [7, 11) is 0. The molecule has 4 rings (SSSR count). The molecule has 0 aliphatic rings. The van der Waals surface area contributed by atoms with Gasteiger partial charge in [-0.15, -0.1) is 18.3 Å². The highest BCUT2D eigenvalue weighted by atomic mass is 32.1. The molecule has 1 aromatic heterocycles. The predicted molar refractivity (Wildman–Crippen MR) is 164 cm³/mol. The number of ether oxygens (including phenoxy) is 1. The van der Waals surface area contributed by atoms with Crippen molar-refractivity contribution in [3.05, 3.63) is 83.9 Å². The molecule has 0 saturated carbocycles. The highest BCUT2D eigenvalue weighted by Crippen LogP contribution is 2.27. The summed E-state index contributed by atoms with van der Waals surface area (Å²) in [4.78, 5) is 16.6. The first-order valence-electron chi connectivity index (χ1n) is 13.6. The van der Waals surface area contributed by atoms with Crippen LogP contribution in [0.1, 0.15) is 57.2 Å². The summed E-state index contributed by atoms with van der Waals surface area (Å²) in [6.45, 7) is 7.91. The molecule has 226 valence electrons. The van der Waals surface area contributed by atoms with Gasteiger partial charge in [-0.3, -0.25) is 15.5 Å². The van der Waals surface area contributed by atoms with Crippen molar-refractivity contribution in [2.45, 2.75) is 52.4 Å². The Morgan fingerprint density at radius 1 is 0.977 bits per heavy atom. The summed E-state index contributed by atoms with van der Waals surface area (Å²) in [5, 5.41) is 10.9. The molecule has 1 atom stereocenters. The Bertz CT molecular complexity index is 1560. The van der Waals surface area contributed by atoms with Gasteiger partial charge < -0.3 is 10.1 Å². The maximum Gasteiger partial charge on any atom is 0.573 e. The van der Waals surface area contributed by atoms with E-state index in [4.69, 9.17) is 12.2 Å². The molecule has 0 radical (unpaired) electrons. The molecule has 43 heavy (non-hydrogen) atoms. The molecular formula is C30H32F3N7O2S. The van der Waals surface area contributed by atoms with E-state index in [1.165, 1.54) is 16.8 Å². The number of hydrogen-bond donors (Lipinski definition) is 4. The van der Waals surface area contributed by atoms with Crippen LogP contribution in [0.25, 0.3) is 17.1 Å². The van der Waals surface area contributed by atoms with Crippen LogP contribution in [0.3, 0.4) is 0 Å². The van der Waals surface area contributed by atoms with Crippen LogP contribution in [0, 0.1) is 0 Å². The van der Waals surface area contributed by atoms with Crippen LogP contribution in [-0.4, -0.2) is 32.1 Å². The topological polar surface area (TPSA) is 105 Å². The zero-order chi connectivity index (χ0) is 31.1. The van der Waals surface area contributed by atoms with Crippen molar-refractivity contribution in [2.24, 2.45) is 0 Å². The molecule has 4 aromatic rings. The number of para-hydroxylation sites is 1. The van der Waals surface area contributed by atoms with E-state index in [0.29, 0.717) is 28.1 Å². The first kappa shape index (κ1) is 31.4. The molecule has 0 spiro atoms. The van der Waals surface area contributed by atoms with Crippen LogP contribution >= 0.6 is 12.2 Å². The fraction of sp³-hybridized carbons (Fsp3) is 0.267. The molecule has 0 aliphatic heterocycles. The fourth-order valence-electron chi connectivity index (χ4n) is 4.14. The number of hydrogen-bond acceptors (Lipinski definition) is 6. The first-order chi connectivity index (χ1) is 20.4. The van der Waals surface area contributed by atoms with Crippen molar-refractivity contribution < 1.29 is 22.7 Å². The molecule has 13 heteroatoms. The van der Waals surface area contributed by atoms with Gasteiger partial charge in [0.2, 0.25) is 11.9 Å². The van der Waals surface area contributed by atoms with Gasteiger partial charge >= 0.3 is 6.36 Å². The Kier molecular flexibility index (Phi) is 9.99. The summed E-state index contributed by atoms with van der Waals surface area (Å²) in [5.74, 6) is 0.131. The number of nitrogens with zero attached hydrogens (tertiary/aromatic N) is 3. The second kappa shape index (κ2) is 13.7. The van der Waals surface area contributed by atoms with Crippen LogP contribution in [0.4, 0.5) is 24.8 Å². The van der Waals surface area contributed by atoms with Gasteiger partial charge in [-0.1, -0.05) is 63.2 Å². The minimum absolute atomic E-state index is 0.114. The summed E-state index contributed by atoms with van der Waals surface area (Å²) >= 11 is 5.47. The molecule has 1 unspecified atom stereocenters. The van der Waals surface area contributed by atoms with Crippen LogP contribution < -0.4 is 26.2 Å². The molecule has 3 aromatic carbocycles. The van der Waals surface area contributed by atoms with Crippen LogP contribution in [-0.2, 0) is 4.79 Å². The van der Waals surface area contributed by atoms with E-state index in [1.807, 2.05) is 49.4 Å². The van der Waals surface area contributed by atoms with Gasteiger partial charge in [0, 0.05) is 23.7 Å². The smallest absolute Gasteiger partial charge is 0.406 e. The molecule has 0 aliphatic carbocycles. The van der Waals surface area contributed by atoms with Crippen LogP contribution in [0.15, 0.2) is 72.8 Å². The number of carbonyl (C=O) groups excluding carboxylic acids is 1. The lowest BCUT2D eigenvalue weighted by Crippen LogP contribution is -2.41. The third-order valence-electron chi connectivity index (χ3n) is 6.40. The number of thiocarbonyl (C=S) groups is 1. The van der Waals surface area contributed by atoms with Gasteiger partial charge in [0.25, 0.3) is 0 Å². The lowest BCUT2D eigenvalue weighted by atomic mass is 10.0. The van der Waals surface area contributed by atoms with E-state index in [9.17, 15) is 18.0 Å². The zero-order valence-corrected chi connectivity index (χ0v) is 24.8. The highest BCUT2D eigenvalue weighted by Gasteiger charge is 2.31. The van der Waals surface area contributed by atoms with Crippen molar-refractivity contribution >= 4 is 34.9 Å². The Morgan fingerprint density at radius 2 is 1.65 bits per heavy atom. The van der Waals surface area contributed by atoms with Gasteiger partial charge in [0.05, 0.1) is 5.69 Å². The van der Waals surface area contributed by atoms with Crippen LogP contribution in [0.2, 0.25) is 0 Å². The number of anilines is 2. The Hall–Kier alpha value is -4.49. The van der Waals surface area contributed by atoms with E-state index in [0.717, 1.165) is 28.9 Å². The number of nitrogens with one attached hydrogen (secondary N) is 4. The molecular weight excluding hydrogens is 579 g/mol. The predicted octanol–water partition coefficient (Wildman–Crippen LogP) is 6.86. The van der Waals surface area contributed by atoms with E-state index in [-0.39, 0.29) is 30.1 Å². The second-order valence-electron chi connectivity index (χ2n) is 9.92. The molecule has 4 N–H and O–H groups in total. The maximum absolute atomic E-state index is 12.6. The van der Waals surface area contributed by atoms with Gasteiger partial charge in [0.15, 0.2) is 10.9 Å². The Morgan fingerprint density at radius 3 is 2.28 bits per heavy atom. The summed E-state index contributed by atoms with van der Waals surface area (Å²) in [6, 6.07) is 20.5. The van der Waals surface area contributed by atoms with Gasteiger partial charge in [-0.25, -0.2) is 5.43 Å². The second-order valence-corrected chi connectivity index (χ2v) is 10.3. The molecule has 0 saturated heterocycles. The van der Waals surface area contributed by atoms with E-state index < -0.39 is 6.36 Å². The normalized spacial score (nSPS) is 12.1. The average Bonchev–Trinajstić information content (AvgIpc) is 3.39. The van der Waals surface area contributed by atoms with E-state index >= 15 is 0 Å². The lowest BCUT2D eigenvalue weighted by Gasteiger charge is -2.19. The fourth-order valence-corrected chi connectivity index (χ4v) is 4.31. The molecule has 0 fully saturated rings. The average molecular weight is 612 g/mol. The van der Waals surface area contributed by atoms with Gasteiger partial charge in [0.1, 0.15) is 5.75 Å². The van der Waals surface area contributed by atoms with Crippen molar-refractivity contribution in [3.8, 4) is 22.8 Å². The number of carbonyl (C=O) groups is 1. The minimum atomic E-state index is -4.81. The van der Waals surface area contributed by atoms with Crippen molar-refractivity contribution in [1.29, 1.82) is 0 Å². The largest absolute Gasteiger partial charge is 0.573 e. The lowest BCUT2D eigenvalue weighted by molar-refractivity contribution is -0.274. The summed E-state index contributed by atoms with van der Waals surface area (Å²) < 4.78 is 43.0. The monoisotopic (exact) mass is 611 g/mol. The highest BCUT2D eigenvalue weighted by molar-refractivity contribution is 7.80. The molecule has 9 nitrogen and oxygen atoms in total. The van der Waals surface area contributed by atoms with E-state index in [1.54, 1.807) is 6.92 Å². The number of benzene rings is 3. The number of halogens is 3. The Balaban J connectivity index is 1.46. The number of rotatable bonds is 10.